The van der Waals surface area contributed by atoms with E-state index in [9.17, 15) is 4.79 Å². The van der Waals surface area contributed by atoms with Crippen LogP contribution in [0.2, 0.25) is 0 Å². The summed E-state index contributed by atoms with van der Waals surface area (Å²) >= 11 is 3.54. The van der Waals surface area contributed by atoms with Gasteiger partial charge in [-0.25, -0.2) is 5.43 Å². The predicted octanol–water partition coefficient (Wildman–Crippen LogP) is 5.42. The van der Waals surface area contributed by atoms with Crippen LogP contribution in [0.1, 0.15) is 16.7 Å². The number of aromatic nitrogens is 1. The van der Waals surface area contributed by atoms with E-state index < -0.39 is 5.91 Å². The summed E-state index contributed by atoms with van der Waals surface area (Å²) in [6.07, 6.45) is 3.21. The Balaban J connectivity index is 1.35. The van der Waals surface area contributed by atoms with E-state index in [1.807, 2.05) is 61.5 Å². The van der Waals surface area contributed by atoms with E-state index in [1.54, 1.807) is 25.4 Å². The topological polar surface area (TPSA) is 82.0 Å². The van der Waals surface area contributed by atoms with Gasteiger partial charge in [0.05, 0.1) is 17.8 Å². The first kappa shape index (κ1) is 24.2. The molecule has 4 rings (SSSR count). The van der Waals surface area contributed by atoms with Crippen molar-refractivity contribution >= 4 is 39.0 Å². The van der Waals surface area contributed by atoms with E-state index in [0.29, 0.717) is 33.8 Å². The first-order valence-electron chi connectivity index (χ1n) is 10.9. The molecule has 0 aliphatic carbocycles. The van der Waals surface area contributed by atoms with Crippen LogP contribution in [0.15, 0.2) is 82.5 Å². The molecule has 8 heteroatoms. The number of hydrogen-bond donors (Lipinski definition) is 1. The average molecular weight is 534 g/mol. The largest absolute Gasteiger partial charge is 0.493 e. The monoisotopic (exact) mass is 533 g/mol. The molecule has 1 amide bonds. The smallest absolute Gasteiger partial charge is 0.277 e. The number of halogens is 1. The Hall–Kier alpha value is -3.91. The number of fused-ring (bicyclic) bond motifs is 1. The normalized spacial score (nSPS) is 10.9. The molecule has 35 heavy (non-hydrogen) atoms. The van der Waals surface area contributed by atoms with E-state index in [2.05, 4.69) is 31.4 Å². The first-order valence-corrected chi connectivity index (χ1v) is 11.7. The molecule has 0 unspecified atom stereocenters. The van der Waals surface area contributed by atoms with Gasteiger partial charge in [-0.2, -0.15) is 5.10 Å². The van der Waals surface area contributed by atoms with Gasteiger partial charge < -0.3 is 14.2 Å². The molecule has 0 aliphatic rings. The summed E-state index contributed by atoms with van der Waals surface area (Å²) in [6, 6.07) is 21.1. The molecule has 0 atom stereocenters. The summed E-state index contributed by atoms with van der Waals surface area (Å²) in [5.41, 5.74) is 6.14. The van der Waals surface area contributed by atoms with Crippen LogP contribution in [0, 0.1) is 6.92 Å². The fourth-order valence-electron chi connectivity index (χ4n) is 3.34. The molecule has 1 heterocycles. The minimum atomic E-state index is -0.390. The summed E-state index contributed by atoms with van der Waals surface area (Å²) < 4.78 is 17.8. The Morgan fingerprint density at radius 3 is 2.66 bits per heavy atom. The lowest BCUT2D eigenvalue weighted by atomic mass is 10.2. The van der Waals surface area contributed by atoms with Gasteiger partial charge in [-0.15, -0.1) is 0 Å². The van der Waals surface area contributed by atoms with Crippen molar-refractivity contribution in [3.8, 4) is 17.2 Å². The summed E-state index contributed by atoms with van der Waals surface area (Å²) in [7, 11) is 1.57. The van der Waals surface area contributed by atoms with Gasteiger partial charge in [0.1, 0.15) is 17.9 Å². The fraction of sp³-hybridized carbons (Fsp3) is 0.148. The number of rotatable bonds is 9. The number of nitrogens with one attached hydrogen (secondary N) is 1. The maximum Gasteiger partial charge on any atom is 0.277 e. The second kappa shape index (κ2) is 11.5. The van der Waals surface area contributed by atoms with Crippen molar-refractivity contribution in [2.45, 2.75) is 13.5 Å². The number of carbonyl (C=O) groups excluding carboxylic acids is 1. The van der Waals surface area contributed by atoms with Crippen molar-refractivity contribution in [1.29, 1.82) is 0 Å². The molecule has 0 aliphatic heterocycles. The number of nitrogens with zero attached hydrogens (tertiary/aromatic N) is 2. The number of ether oxygens (including phenoxy) is 3. The van der Waals surface area contributed by atoms with Crippen LogP contribution >= 0.6 is 15.9 Å². The lowest BCUT2D eigenvalue weighted by Crippen LogP contribution is -2.24. The zero-order valence-electron chi connectivity index (χ0n) is 19.3. The number of hydrogen-bond acceptors (Lipinski definition) is 6. The average Bonchev–Trinajstić information content (AvgIpc) is 2.87. The van der Waals surface area contributed by atoms with E-state index in [1.165, 1.54) is 11.8 Å². The van der Waals surface area contributed by atoms with Crippen LogP contribution in [0.3, 0.4) is 0 Å². The first-order chi connectivity index (χ1) is 17.0. The molecule has 0 saturated carbocycles. The molecule has 4 aromatic rings. The molecular formula is C27H24BrN3O4. The van der Waals surface area contributed by atoms with E-state index in [4.69, 9.17) is 14.2 Å². The fourth-order valence-corrected chi connectivity index (χ4v) is 3.92. The van der Waals surface area contributed by atoms with Gasteiger partial charge in [-0.3, -0.25) is 9.78 Å². The highest BCUT2D eigenvalue weighted by molar-refractivity contribution is 9.10. The van der Waals surface area contributed by atoms with Gasteiger partial charge in [-0.1, -0.05) is 48.0 Å². The van der Waals surface area contributed by atoms with Crippen LogP contribution < -0.4 is 19.6 Å². The molecule has 0 fully saturated rings. The highest BCUT2D eigenvalue weighted by atomic mass is 79.9. The molecule has 0 saturated heterocycles. The number of aryl methyl sites for hydroxylation is 1. The van der Waals surface area contributed by atoms with E-state index in [-0.39, 0.29) is 6.61 Å². The van der Waals surface area contributed by atoms with Crippen molar-refractivity contribution in [2.24, 2.45) is 5.10 Å². The summed E-state index contributed by atoms with van der Waals surface area (Å²) in [5, 5.41) is 4.97. The number of hydrazone groups is 1. The molecule has 7 nitrogen and oxygen atoms in total. The van der Waals surface area contributed by atoms with Crippen LogP contribution in [0.5, 0.6) is 17.2 Å². The lowest BCUT2D eigenvalue weighted by Gasteiger charge is -2.13. The minimum Gasteiger partial charge on any atom is -0.493 e. The molecule has 1 N–H and O–H groups in total. The van der Waals surface area contributed by atoms with E-state index >= 15 is 0 Å². The number of methoxy groups -OCH3 is 1. The number of carbonyl (C=O) groups is 1. The number of amides is 1. The summed E-state index contributed by atoms with van der Waals surface area (Å²) in [6.45, 7) is 2.26. The molecule has 3 aromatic carbocycles. The second-order valence-electron chi connectivity index (χ2n) is 7.72. The maximum absolute atomic E-state index is 12.2. The van der Waals surface area contributed by atoms with Gasteiger partial charge in [0.2, 0.25) is 0 Å². The van der Waals surface area contributed by atoms with Crippen LogP contribution in [-0.2, 0) is 11.4 Å². The third-order valence-corrected chi connectivity index (χ3v) is 5.70. The van der Waals surface area contributed by atoms with Gasteiger partial charge >= 0.3 is 0 Å². The van der Waals surface area contributed by atoms with Crippen LogP contribution in [-0.4, -0.2) is 30.8 Å². The van der Waals surface area contributed by atoms with Crippen molar-refractivity contribution in [1.82, 2.24) is 10.4 Å². The van der Waals surface area contributed by atoms with Gasteiger partial charge in [0.15, 0.2) is 18.1 Å². The Bertz CT molecular complexity index is 1350. The Labute approximate surface area is 211 Å². The van der Waals surface area contributed by atoms with Gasteiger partial charge in [-0.05, 0) is 58.2 Å². The number of para-hydroxylation sites is 1. The van der Waals surface area contributed by atoms with E-state index in [0.717, 1.165) is 16.5 Å². The second-order valence-corrected chi connectivity index (χ2v) is 8.58. The Morgan fingerprint density at radius 1 is 1.06 bits per heavy atom. The molecule has 1 aromatic heterocycles. The third kappa shape index (κ3) is 6.36. The standard InChI is InChI=1S/C27H24BrN3O4/c1-18-8-10-19(11-9-18)16-35-27-22(28)13-20(14-24(27)33-2)15-30-31-25(32)17-34-23-7-3-5-21-6-4-12-29-26(21)23/h3-15H,16-17H2,1-2H3,(H,31,32)/b30-15+. The molecule has 178 valence electrons. The predicted molar refractivity (Wildman–Crippen MR) is 139 cm³/mol. The molecule has 0 radical (unpaired) electrons. The Morgan fingerprint density at radius 2 is 1.86 bits per heavy atom. The number of benzene rings is 3. The summed E-state index contributed by atoms with van der Waals surface area (Å²) in [5.74, 6) is 1.28. The maximum atomic E-state index is 12.2. The van der Waals surface area contributed by atoms with Crippen molar-refractivity contribution in [3.63, 3.8) is 0 Å². The molecule has 0 spiro atoms. The van der Waals surface area contributed by atoms with Crippen molar-refractivity contribution in [2.75, 3.05) is 13.7 Å². The van der Waals surface area contributed by atoms with Crippen LogP contribution in [0.4, 0.5) is 0 Å². The quantitative estimate of drug-likeness (QED) is 0.229. The van der Waals surface area contributed by atoms with Gasteiger partial charge in [0.25, 0.3) is 5.91 Å². The highest BCUT2D eigenvalue weighted by Crippen LogP contribution is 2.36. The van der Waals surface area contributed by atoms with Gasteiger partial charge in [0, 0.05) is 11.6 Å². The minimum absolute atomic E-state index is 0.189. The molecular weight excluding hydrogens is 510 g/mol. The highest BCUT2D eigenvalue weighted by Gasteiger charge is 2.12. The lowest BCUT2D eigenvalue weighted by molar-refractivity contribution is -0.123. The zero-order chi connectivity index (χ0) is 24.6. The number of pyridine rings is 1. The SMILES string of the molecule is COc1cc(/C=N/NC(=O)COc2cccc3cccnc23)cc(Br)c1OCc1ccc(C)cc1. The third-order valence-electron chi connectivity index (χ3n) is 5.11. The zero-order valence-corrected chi connectivity index (χ0v) is 20.9. The van der Waals surface area contributed by atoms with Crippen LogP contribution in [0.25, 0.3) is 10.9 Å². The Kier molecular flexibility index (Phi) is 7.95. The molecule has 0 bridgehead atoms. The summed E-state index contributed by atoms with van der Waals surface area (Å²) in [4.78, 5) is 16.5. The van der Waals surface area contributed by atoms with Crippen molar-refractivity contribution < 1.29 is 19.0 Å². The van der Waals surface area contributed by atoms with Crippen molar-refractivity contribution in [3.05, 3.63) is 94.1 Å².